The molecule has 2 aromatic rings. The minimum Gasteiger partial charge on any atom is -0.493 e. The van der Waals surface area contributed by atoms with E-state index in [1.807, 2.05) is 19.9 Å². The molecule has 2 amide bonds. The van der Waals surface area contributed by atoms with E-state index in [2.05, 4.69) is 10.9 Å². The first kappa shape index (κ1) is 20.3. The number of hydrazine groups is 1. The molecule has 0 spiro atoms. The van der Waals surface area contributed by atoms with Crippen molar-refractivity contribution in [1.82, 2.24) is 10.9 Å². The Labute approximate surface area is 163 Å². The molecule has 2 N–H and O–H groups in total. The topological polar surface area (TPSA) is 76.7 Å². The van der Waals surface area contributed by atoms with Crippen LogP contribution in [0, 0.1) is 0 Å². The summed E-state index contributed by atoms with van der Waals surface area (Å²) in [5.74, 6) is -0.00376. The van der Waals surface area contributed by atoms with Gasteiger partial charge in [0.2, 0.25) is 0 Å². The van der Waals surface area contributed by atoms with Gasteiger partial charge in [-0.25, -0.2) is 0 Å². The summed E-state index contributed by atoms with van der Waals surface area (Å²) in [6, 6.07) is 11.9. The molecule has 0 aliphatic carbocycles. The van der Waals surface area contributed by atoms with Gasteiger partial charge in [-0.1, -0.05) is 29.8 Å². The van der Waals surface area contributed by atoms with Crippen LogP contribution in [-0.2, 0) is 4.79 Å². The summed E-state index contributed by atoms with van der Waals surface area (Å²) in [7, 11) is 1.49. The summed E-state index contributed by atoms with van der Waals surface area (Å²) in [5.41, 5.74) is 5.67. The molecule has 142 valence electrons. The maximum absolute atomic E-state index is 12.2. The standard InChI is InChI=1S/C20H21ClN2O4/c1-13(2)27-17-10-8-15(12-18(17)26-3)20(25)23-22-19(24)11-9-14-6-4-5-7-16(14)21/h4-13H,1-3H3,(H,22,24)(H,23,25)/b11-9+. The SMILES string of the molecule is COc1cc(C(=O)NNC(=O)/C=C/c2ccccc2Cl)ccc1OC(C)C. The molecule has 0 aromatic heterocycles. The van der Waals surface area contributed by atoms with E-state index in [1.165, 1.54) is 13.2 Å². The third kappa shape index (κ3) is 6.04. The van der Waals surface area contributed by atoms with Gasteiger partial charge in [-0.3, -0.25) is 20.4 Å². The summed E-state index contributed by atoms with van der Waals surface area (Å²) in [5, 5.41) is 0.529. The maximum Gasteiger partial charge on any atom is 0.269 e. The second kappa shape index (κ2) is 9.64. The Hall–Kier alpha value is -2.99. The quantitative estimate of drug-likeness (QED) is 0.585. The van der Waals surface area contributed by atoms with Crippen molar-refractivity contribution in [2.45, 2.75) is 20.0 Å². The van der Waals surface area contributed by atoms with Crippen molar-refractivity contribution in [1.29, 1.82) is 0 Å². The number of methoxy groups -OCH3 is 1. The molecule has 0 saturated carbocycles. The number of carbonyl (C=O) groups is 2. The van der Waals surface area contributed by atoms with Gasteiger partial charge in [-0.2, -0.15) is 0 Å². The predicted molar refractivity (Wildman–Crippen MR) is 105 cm³/mol. The Morgan fingerprint density at radius 2 is 1.81 bits per heavy atom. The number of halogens is 1. The van der Waals surface area contributed by atoms with E-state index in [0.29, 0.717) is 27.6 Å². The highest BCUT2D eigenvalue weighted by Gasteiger charge is 2.12. The van der Waals surface area contributed by atoms with E-state index in [-0.39, 0.29) is 6.10 Å². The van der Waals surface area contributed by atoms with E-state index in [9.17, 15) is 9.59 Å². The van der Waals surface area contributed by atoms with Gasteiger partial charge in [0, 0.05) is 16.7 Å². The van der Waals surface area contributed by atoms with E-state index in [1.54, 1.807) is 42.5 Å². The highest BCUT2D eigenvalue weighted by atomic mass is 35.5. The van der Waals surface area contributed by atoms with Gasteiger partial charge in [0.1, 0.15) is 0 Å². The van der Waals surface area contributed by atoms with Crippen molar-refractivity contribution >= 4 is 29.5 Å². The lowest BCUT2D eigenvalue weighted by atomic mass is 10.2. The van der Waals surface area contributed by atoms with Crippen molar-refractivity contribution in [2.24, 2.45) is 0 Å². The summed E-state index contributed by atoms with van der Waals surface area (Å²) in [6.45, 7) is 3.79. The summed E-state index contributed by atoms with van der Waals surface area (Å²) in [4.78, 5) is 24.1. The average molecular weight is 389 g/mol. The fraction of sp³-hybridized carbons (Fsp3) is 0.200. The Balaban J connectivity index is 1.97. The molecule has 0 atom stereocenters. The van der Waals surface area contributed by atoms with E-state index < -0.39 is 11.8 Å². The number of carbonyl (C=O) groups excluding carboxylic acids is 2. The number of hydrogen-bond acceptors (Lipinski definition) is 4. The molecule has 0 unspecified atom stereocenters. The van der Waals surface area contributed by atoms with Gasteiger partial charge >= 0.3 is 0 Å². The van der Waals surface area contributed by atoms with Gasteiger partial charge in [0.25, 0.3) is 11.8 Å². The lowest BCUT2D eigenvalue weighted by Gasteiger charge is -2.14. The van der Waals surface area contributed by atoms with Gasteiger partial charge < -0.3 is 9.47 Å². The van der Waals surface area contributed by atoms with E-state index >= 15 is 0 Å². The fourth-order valence-electron chi connectivity index (χ4n) is 2.17. The number of hydrogen-bond donors (Lipinski definition) is 2. The van der Waals surface area contributed by atoms with E-state index in [4.69, 9.17) is 21.1 Å². The fourth-order valence-corrected chi connectivity index (χ4v) is 2.37. The third-order valence-corrected chi connectivity index (χ3v) is 3.75. The highest BCUT2D eigenvalue weighted by Crippen LogP contribution is 2.28. The molecule has 2 rings (SSSR count). The smallest absolute Gasteiger partial charge is 0.269 e. The van der Waals surface area contributed by atoms with Crippen molar-refractivity contribution < 1.29 is 19.1 Å². The number of amides is 2. The van der Waals surface area contributed by atoms with Crippen molar-refractivity contribution in [3.05, 3.63) is 64.7 Å². The number of benzene rings is 2. The number of nitrogens with one attached hydrogen (secondary N) is 2. The summed E-state index contributed by atoms with van der Waals surface area (Å²) in [6.07, 6.45) is 2.81. The van der Waals surface area contributed by atoms with Crippen LogP contribution in [-0.4, -0.2) is 25.0 Å². The van der Waals surface area contributed by atoms with Crippen molar-refractivity contribution in [3.63, 3.8) is 0 Å². The molecule has 0 fully saturated rings. The van der Waals surface area contributed by atoms with Gasteiger partial charge in [-0.15, -0.1) is 0 Å². The molecule has 0 radical (unpaired) electrons. The van der Waals surface area contributed by atoms with Crippen LogP contribution >= 0.6 is 11.6 Å². The average Bonchev–Trinajstić information content (AvgIpc) is 2.65. The van der Waals surface area contributed by atoms with Gasteiger partial charge in [-0.05, 0) is 49.8 Å². The lowest BCUT2D eigenvalue weighted by molar-refractivity contribution is -0.117. The Bertz CT molecular complexity index is 850. The molecule has 2 aromatic carbocycles. The monoisotopic (exact) mass is 388 g/mol. The summed E-state index contributed by atoms with van der Waals surface area (Å²) < 4.78 is 10.9. The molecule has 0 bridgehead atoms. The predicted octanol–water partition coefficient (Wildman–Crippen LogP) is 3.61. The first-order valence-corrected chi connectivity index (χ1v) is 8.66. The molecule has 0 saturated heterocycles. The molecule has 7 heteroatoms. The minimum atomic E-state index is -0.491. The zero-order chi connectivity index (χ0) is 19.8. The first-order chi connectivity index (χ1) is 12.9. The zero-order valence-electron chi connectivity index (χ0n) is 15.3. The van der Waals surface area contributed by atoms with Crippen LogP contribution in [0.15, 0.2) is 48.5 Å². The first-order valence-electron chi connectivity index (χ1n) is 8.28. The molecule has 6 nitrogen and oxygen atoms in total. The molecular formula is C20H21ClN2O4. The lowest BCUT2D eigenvalue weighted by Crippen LogP contribution is -2.40. The molecular weight excluding hydrogens is 368 g/mol. The molecule has 0 heterocycles. The van der Waals surface area contributed by atoms with Crippen LogP contribution in [0.25, 0.3) is 6.08 Å². The normalized spacial score (nSPS) is 10.7. The maximum atomic E-state index is 12.2. The second-order valence-corrected chi connectivity index (χ2v) is 6.24. The largest absolute Gasteiger partial charge is 0.493 e. The van der Waals surface area contributed by atoms with Crippen molar-refractivity contribution in [3.8, 4) is 11.5 Å². The van der Waals surface area contributed by atoms with Gasteiger partial charge in [0.05, 0.1) is 13.2 Å². The Morgan fingerprint density at radius 1 is 1.07 bits per heavy atom. The number of rotatable bonds is 6. The third-order valence-electron chi connectivity index (χ3n) is 3.41. The van der Waals surface area contributed by atoms with Crippen LogP contribution in [0.5, 0.6) is 11.5 Å². The molecule has 0 aliphatic rings. The van der Waals surface area contributed by atoms with E-state index in [0.717, 1.165) is 0 Å². The molecule has 27 heavy (non-hydrogen) atoms. The number of ether oxygens (including phenoxy) is 2. The minimum absolute atomic E-state index is 0.0252. The van der Waals surface area contributed by atoms with Crippen molar-refractivity contribution in [2.75, 3.05) is 7.11 Å². The van der Waals surface area contributed by atoms with Crippen LogP contribution in [0.1, 0.15) is 29.8 Å². The summed E-state index contributed by atoms with van der Waals surface area (Å²) >= 11 is 6.01. The second-order valence-electron chi connectivity index (χ2n) is 5.83. The Kier molecular flexibility index (Phi) is 7.25. The van der Waals surface area contributed by atoms with Crippen LogP contribution in [0.3, 0.4) is 0 Å². The highest BCUT2D eigenvalue weighted by molar-refractivity contribution is 6.32. The van der Waals surface area contributed by atoms with Gasteiger partial charge in [0.15, 0.2) is 11.5 Å². The van der Waals surface area contributed by atoms with Crippen LogP contribution in [0.4, 0.5) is 0 Å². The molecule has 0 aliphatic heterocycles. The zero-order valence-corrected chi connectivity index (χ0v) is 16.0. The van der Waals surface area contributed by atoms with Crippen LogP contribution in [0.2, 0.25) is 5.02 Å². The Morgan fingerprint density at radius 3 is 2.48 bits per heavy atom. The van der Waals surface area contributed by atoms with Crippen LogP contribution < -0.4 is 20.3 Å².